The van der Waals surface area contributed by atoms with Crippen molar-refractivity contribution in [2.75, 3.05) is 0 Å². The van der Waals surface area contributed by atoms with E-state index in [-0.39, 0.29) is 24.4 Å². The SMILES string of the molecule is C=Cc1ccccn1.[SbH3]. The average molecular weight is 230 g/mol. The summed E-state index contributed by atoms with van der Waals surface area (Å²) in [6.07, 6.45) is 3.47. The number of hydrogen-bond acceptors (Lipinski definition) is 1. The van der Waals surface area contributed by atoms with Crippen molar-refractivity contribution >= 4 is 30.5 Å². The van der Waals surface area contributed by atoms with Crippen molar-refractivity contribution in [3.05, 3.63) is 36.7 Å². The second-order valence-electron chi connectivity index (χ2n) is 1.46. The second kappa shape index (κ2) is 4.57. The van der Waals surface area contributed by atoms with Gasteiger partial charge in [-0.25, -0.2) is 0 Å². The predicted molar refractivity (Wildman–Crippen MR) is 44.3 cm³/mol. The number of rotatable bonds is 1. The van der Waals surface area contributed by atoms with Gasteiger partial charge in [-0.2, -0.15) is 0 Å². The van der Waals surface area contributed by atoms with Crippen LogP contribution in [0.3, 0.4) is 0 Å². The van der Waals surface area contributed by atoms with Gasteiger partial charge in [0.2, 0.25) is 0 Å². The first-order valence-electron chi connectivity index (χ1n) is 2.47. The van der Waals surface area contributed by atoms with E-state index in [0.29, 0.717) is 0 Å². The fraction of sp³-hybridized carbons (Fsp3) is 0. The van der Waals surface area contributed by atoms with Crippen LogP contribution in [0, 0.1) is 0 Å². The minimum atomic E-state index is 0. The number of hydrogen-bond donors (Lipinski definition) is 0. The molecule has 0 fully saturated rings. The summed E-state index contributed by atoms with van der Waals surface area (Å²) in [6, 6.07) is 5.73. The monoisotopic (exact) mass is 229 g/mol. The van der Waals surface area contributed by atoms with Gasteiger partial charge in [-0.05, 0) is 18.2 Å². The van der Waals surface area contributed by atoms with Gasteiger partial charge in [0.15, 0.2) is 0 Å². The number of nitrogens with zero attached hydrogens (tertiary/aromatic N) is 1. The predicted octanol–water partition coefficient (Wildman–Crippen LogP) is 0.541. The van der Waals surface area contributed by atoms with Gasteiger partial charge in [0.1, 0.15) is 0 Å². The summed E-state index contributed by atoms with van der Waals surface area (Å²) in [5.74, 6) is 0. The van der Waals surface area contributed by atoms with Crippen molar-refractivity contribution in [3.8, 4) is 0 Å². The fourth-order valence-corrected chi connectivity index (χ4v) is 0.497. The Bertz CT molecular complexity index is 172. The van der Waals surface area contributed by atoms with Gasteiger partial charge in [0, 0.05) is 6.20 Å². The Morgan fingerprint density at radius 3 is 2.56 bits per heavy atom. The van der Waals surface area contributed by atoms with Gasteiger partial charge in [0.25, 0.3) is 0 Å². The molecule has 0 radical (unpaired) electrons. The molecule has 0 aliphatic carbocycles. The Kier molecular flexibility index (Phi) is 4.43. The molecule has 0 saturated heterocycles. The standard InChI is InChI=1S/C7H7N.Sb.3H/c1-2-7-5-3-4-6-8-7;;;;/h2-6H,1H2;;;;. The molecular formula is C7H10NSb. The zero-order valence-corrected chi connectivity index (χ0v) is 9.28. The van der Waals surface area contributed by atoms with Gasteiger partial charge in [-0.15, -0.1) is 0 Å². The summed E-state index contributed by atoms with van der Waals surface area (Å²) in [4.78, 5) is 3.98. The molecule has 0 aliphatic rings. The summed E-state index contributed by atoms with van der Waals surface area (Å²) in [7, 11) is 0. The van der Waals surface area contributed by atoms with Crippen LogP contribution in [0.2, 0.25) is 0 Å². The topological polar surface area (TPSA) is 12.9 Å². The molecule has 2 heteroatoms. The summed E-state index contributed by atoms with van der Waals surface area (Å²) < 4.78 is 0. The van der Waals surface area contributed by atoms with Gasteiger partial charge >= 0.3 is 24.4 Å². The first-order chi connectivity index (χ1) is 3.93. The quantitative estimate of drug-likeness (QED) is 0.641. The van der Waals surface area contributed by atoms with Crippen LogP contribution >= 0.6 is 0 Å². The molecule has 1 heterocycles. The molecule has 1 aromatic heterocycles. The molecule has 0 unspecified atom stereocenters. The Morgan fingerprint density at radius 1 is 1.44 bits per heavy atom. The van der Waals surface area contributed by atoms with Crippen molar-refractivity contribution in [1.29, 1.82) is 0 Å². The van der Waals surface area contributed by atoms with Gasteiger partial charge in [-0.3, -0.25) is 4.98 Å². The third kappa shape index (κ3) is 2.66. The Morgan fingerprint density at radius 2 is 2.22 bits per heavy atom. The molecule has 1 aromatic rings. The zero-order chi connectivity index (χ0) is 5.82. The van der Waals surface area contributed by atoms with Crippen molar-refractivity contribution in [2.45, 2.75) is 0 Å². The molecule has 1 nitrogen and oxygen atoms in total. The van der Waals surface area contributed by atoms with Crippen molar-refractivity contribution in [2.24, 2.45) is 0 Å². The van der Waals surface area contributed by atoms with E-state index in [1.807, 2.05) is 18.2 Å². The molecule has 0 aromatic carbocycles. The normalized spacial score (nSPS) is 7.56. The molecule has 0 N–H and O–H groups in total. The van der Waals surface area contributed by atoms with Gasteiger partial charge in [0.05, 0.1) is 5.69 Å². The molecule has 1 rings (SSSR count). The van der Waals surface area contributed by atoms with E-state index in [9.17, 15) is 0 Å². The van der Waals surface area contributed by atoms with E-state index in [1.165, 1.54) is 0 Å². The molecule has 48 valence electrons. The summed E-state index contributed by atoms with van der Waals surface area (Å²) in [5, 5.41) is 0. The van der Waals surface area contributed by atoms with Crippen molar-refractivity contribution < 1.29 is 0 Å². The molecule has 0 amide bonds. The van der Waals surface area contributed by atoms with Crippen LogP contribution < -0.4 is 0 Å². The van der Waals surface area contributed by atoms with E-state index in [4.69, 9.17) is 0 Å². The molecule has 0 spiro atoms. The molecule has 0 bridgehead atoms. The number of aromatic nitrogens is 1. The summed E-state index contributed by atoms with van der Waals surface area (Å²) in [6.45, 7) is 3.57. The second-order valence-corrected chi connectivity index (χ2v) is 1.46. The third-order valence-electron chi connectivity index (χ3n) is 0.897. The molecule has 0 aliphatic heterocycles. The summed E-state index contributed by atoms with van der Waals surface area (Å²) >= 11 is 0. The van der Waals surface area contributed by atoms with E-state index < -0.39 is 0 Å². The maximum absolute atomic E-state index is 3.98. The Hall–Kier alpha value is -0.292. The number of pyridine rings is 1. The first kappa shape index (κ1) is 8.71. The maximum atomic E-state index is 3.98. The van der Waals surface area contributed by atoms with Crippen LogP contribution in [0.1, 0.15) is 5.69 Å². The zero-order valence-electron chi connectivity index (χ0n) is 5.25. The van der Waals surface area contributed by atoms with E-state index in [1.54, 1.807) is 12.3 Å². The third-order valence-corrected chi connectivity index (χ3v) is 0.897. The van der Waals surface area contributed by atoms with E-state index in [2.05, 4.69) is 11.6 Å². The van der Waals surface area contributed by atoms with Crippen LogP contribution in [0.5, 0.6) is 0 Å². The molecule has 0 atom stereocenters. The molecular weight excluding hydrogens is 220 g/mol. The van der Waals surface area contributed by atoms with Gasteiger partial charge < -0.3 is 0 Å². The molecule has 0 saturated carbocycles. The van der Waals surface area contributed by atoms with Crippen LogP contribution in [0.4, 0.5) is 0 Å². The van der Waals surface area contributed by atoms with Crippen LogP contribution in [0.25, 0.3) is 6.08 Å². The average Bonchev–Trinajstić information content (AvgIpc) is 1.90. The van der Waals surface area contributed by atoms with E-state index in [0.717, 1.165) is 5.69 Å². The fourth-order valence-electron chi connectivity index (χ4n) is 0.497. The van der Waals surface area contributed by atoms with Crippen molar-refractivity contribution in [1.82, 2.24) is 4.98 Å². The van der Waals surface area contributed by atoms with Crippen molar-refractivity contribution in [3.63, 3.8) is 0 Å². The molecule has 9 heavy (non-hydrogen) atoms. The van der Waals surface area contributed by atoms with Crippen LogP contribution in [0.15, 0.2) is 31.0 Å². The Balaban J connectivity index is 0.000000640. The minimum absolute atomic E-state index is 0. The Labute approximate surface area is 72.3 Å². The van der Waals surface area contributed by atoms with Gasteiger partial charge in [-0.1, -0.05) is 12.6 Å². The van der Waals surface area contributed by atoms with E-state index >= 15 is 0 Å². The summed E-state index contributed by atoms with van der Waals surface area (Å²) in [5.41, 5.74) is 0.924. The first-order valence-corrected chi connectivity index (χ1v) is 2.47. The van der Waals surface area contributed by atoms with Crippen LogP contribution in [-0.4, -0.2) is 29.4 Å². The van der Waals surface area contributed by atoms with Crippen LogP contribution in [-0.2, 0) is 0 Å².